The van der Waals surface area contributed by atoms with Crippen LogP contribution in [0.2, 0.25) is 0 Å². The van der Waals surface area contributed by atoms with E-state index >= 15 is 0 Å². The first-order chi connectivity index (χ1) is 8.97. The van der Waals surface area contributed by atoms with Gasteiger partial charge in [0.1, 0.15) is 0 Å². The Morgan fingerprint density at radius 3 is 2.16 bits per heavy atom. The van der Waals surface area contributed by atoms with Crippen molar-refractivity contribution in [1.82, 2.24) is 0 Å². The zero-order chi connectivity index (χ0) is 14.6. The Balaban J connectivity index is 3.59. The molecular formula is C15H20O4. The lowest BCUT2D eigenvalue weighted by Crippen LogP contribution is -1.95. The van der Waals surface area contributed by atoms with Gasteiger partial charge in [-0.15, -0.1) is 5.73 Å². The van der Waals surface area contributed by atoms with Crippen LogP contribution in [0, 0.1) is 6.92 Å². The van der Waals surface area contributed by atoms with Gasteiger partial charge >= 0.3 is 0 Å². The summed E-state index contributed by atoms with van der Waals surface area (Å²) in [5.74, 6) is 0.143. The van der Waals surface area contributed by atoms with Crippen LogP contribution in [0.15, 0.2) is 11.3 Å². The van der Waals surface area contributed by atoms with Gasteiger partial charge in [-0.2, -0.15) is 0 Å². The maximum atomic E-state index is 10.2. The Morgan fingerprint density at radius 1 is 1.16 bits per heavy atom. The molecule has 0 aliphatic heterocycles. The van der Waals surface area contributed by atoms with Crippen LogP contribution in [0.1, 0.15) is 31.4 Å². The van der Waals surface area contributed by atoms with E-state index in [1.807, 2.05) is 13.8 Å². The summed E-state index contributed by atoms with van der Waals surface area (Å²) >= 11 is 0. The van der Waals surface area contributed by atoms with Crippen molar-refractivity contribution in [3.63, 3.8) is 0 Å². The van der Waals surface area contributed by atoms with E-state index in [2.05, 4.69) is 5.73 Å². The van der Waals surface area contributed by atoms with Crippen LogP contribution < -0.4 is 9.47 Å². The molecule has 2 N–H and O–H groups in total. The molecule has 0 spiro atoms. The fourth-order valence-electron chi connectivity index (χ4n) is 1.67. The van der Waals surface area contributed by atoms with Crippen LogP contribution in [-0.2, 0) is 0 Å². The van der Waals surface area contributed by atoms with Gasteiger partial charge in [0, 0.05) is 11.1 Å². The smallest absolute Gasteiger partial charge is 0.207 e. The number of allylic oxidation sites excluding steroid dienone is 1. The Hall–Kier alpha value is -2.06. The molecule has 0 bridgehead atoms. The molecule has 19 heavy (non-hydrogen) atoms. The number of ether oxygens (including phenoxy) is 2. The minimum Gasteiger partial charge on any atom is -0.504 e. The van der Waals surface area contributed by atoms with Gasteiger partial charge in [0.25, 0.3) is 0 Å². The monoisotopic (exact) mass is 264 g/mol. The van der Waals surface area contributed by atoms with E-state index in [9.17, 15) is 10.2 Å². The van der Waals surface area contributed by atoms with E-state index in [1.165, 1.54) is 14.2 Å². The molecule has 0 unspecified atom stereocenters. The molecule has 0 radical (unpaired) electrons. The van der Waals surface area contributed by atoms with Gasteiger partial charge in [-0.1, -0.05) is 6.92 Å². The molecule has 0 aliphatic rings. The van der Waals surface area contributed by atoms with Gasteiger partial charge in [0.05, 0.1) is 14.2 Å². The molecule has 0 aromatic heterocycles. The van der Waals surface area contributed by atoms with Crippen molar-refractivity contribution in [3.05, 3.63) is 22.4 Å². The lowest BCUT2D eigenvalue weighted by Gasteiger charge is -2.15. The van der Waals surface area contributed by atoms with E-state index in [1.54, 1.807) is 13.0 Å². The molecule has 0 saturated heterocycles. The van der Waals surface area contributed by atoms with Crippen LogP contribution in [0.5, 0.6) is 23.0 Å². The van der Waals surface area contributed by atoms with Crippen molar-refractivity contribution >= 4 is 6.08 Å². The van der Waals surface area contributed by atoms with Crippen molar-refractivity contribution in [3.8, 4) is 23.0 Å². The highest BCUT2D eigenvalue weighted by Crippen LogP contribution is 2.48. The predicted molar refractivity (Wildman–Crippen MR) is 75.1 cm³/mol. The zero-order valence-corrected chi connectivity index (χ0v) is 12.0. The number of aromatic hydroxyl groups is 2. The third-order valence-corrected chi connectivity index (χ3v) is 3.05. The number of methoxy groups -OCH3 is 2. The molecule has 4 heteroatoms. The standard InChI is InChI=1S/C15H20O4/c1-6-9(2)7-8-11-10(3)12(16)14(18-4)15(19-5)13(11)17/h8,16-17H,6H2,1-5H3. The number of rotatable bonds is 4. The molecular weight excluding hydrogens is 244 g/mol. The van der Waals surface area contributed by atoms with E-state index < -0.39 is 0 Å². The maximum absolute atomic E-state index is 10.2. The Kier molecular flexibility index (Phi) is 4.90. The predicted octanol–water partition coefficient (Wildman–Crippen LogP) is 3.39. The Morgan fingerprint density at radius 2 is 1.68 bits per heavy atom. The average Bonchev–Trinajstić information content (AvgIpc) is 2.41. The molecule has 0 atom stereocenters. The average molecular weight is 264 g/mol. The molecule has 1 aromatic rings. The first-order valence-corrected chi connectivity index (χ1v) is 6.06. The van der Waals surface area contributed by atoms with Gasteiger partial charge in [-0.25, -0.2) is 0 Å². The summed E-state index contributed by atoms with van der Waals surface area (Å²) in [7, 11) is 2.82. The third kappa shape index (κ3) is 2.85. The fourth-order valence-corrected chi connectivity index (χ4v) is 1.67. The molecule has 0 amide bonds. The van der Waals surface area contributed by atoms with E-state index in [0.29, 0.717) is 11.1 Å². The van der Waals surface area contributed by atoms with Crippen molar-refractivity contribution < 1.29 is 19.7 Å². The normalized spacial score (nSPS) is 9.74. The summed E-state index contributed by atoms with van der Waals surface area (Å²) in [6, 6.07) is 0. The summed E-state index contributed by atoms with van der Waals surface area (Å²) < 4.78 is 10.1. The summed E-state index contributed by atoms with van der Waals surface area (Å²) in [5.41, 5.74) is 5.11. The third-order valence-electron chi connectivity index (χ3n) is 3.05. The number of hydrogen-bond donors (Lipinski definition) is 2. The van der Waals surface area contributed by atoms with Crippen LogP contribution in [0.4, 0.5) is 0 Å². The minimum absolute atomic E-state index is 0.0423. The first kappa shape index (κ1) is 15.0. The van der Waals surface area contributed by atoms with Crippen molar-refractivity contribution in [1.29, 1.82) is 0 Å². The second kappa shape index (κ2) is 6.21. The molecule has 0 heterocycles. The molecule has 0 fully saturated rings. The molecule has 0 saturated carbocycles. The van der Waals surface area contributed by atoms with Gasteiger partial charge in [0.2, 0.25) is 11.5 Å². The molecule has 1 rings (SSSR count). The van der Waals surface area contributed by atoms with Gasteiger partial charge in [0.15, 0.2) is 11.5 Å². The lowest BCUT2D eigenvalue weighted by molar-refractivity contribution is 0.315. The molecule has 4 nitrogen and oxygen atoms in total. The van der Waals surface area contributed by atoms with E-state index in [0.717, 1.165) is 12.0 Å². The topological polar surface area (TPSA) is 58.9 Å². The largest absolute Gasteiger partial charge is 0.504 e. The quantitative estimate of drug-likeness (QED) is 0.646. The number of benzene rings is 1. The summed E-state index contributed by atoms with van der Waals surface area (Å²) in [6.07, 6.45) is 2.51. The van der Waals surface area contributed by atoms with E-state index in [4.69, 9.17) is 9.47 Å². The lowest BCUT2D eigenvalue weighted by atomic mass is 10.0. The maximum Gasteiger partial charge on any atom is 0.207 e. The molecule has 1 aromatic carbocycles. The van der Waals surface area contributed by atoms with Gasteiger partial charge in [-0.05, 0) is 31.9 Å². The van der Waals surface area contributed by atoms with Crippen LogP contribution in [0.3, 0.4) is 0 Å². The number of phenols is 2. The highest BCUT2D eigenvalue weighted by molar-refractivity contribution is 5.73. The second-order valence-corrected chi connectivity index (χ2v) is 4.22. The van der Waals surface area contributed by atoms with Crippen molar-refractivity contribution in [2.45, 2.75) is 27.2 Å². The van der Waals surface area contributed by atoms with Crippen LogP contribution >= 0.6 is 0 Å². The SMILES string of the molecule is CCC(C)=C=Cc1c(C)c(O)c(OC)c(OC)c1O. The minimum atomic E-state index is -0.0638. The Bertz CT molecular complexity index is 538. The first-order valence-electron chi connectivity index (χ1n) is 6.06. The highest BCUT2D eigenvalue weighted by Gasteiger charge is 2.21. The molecule has 0 aliphatic carbocycles. The summed E-state index contributed by atoms with van der Waals surface area (Å²) in [6.45, 7) is 5.67. The highest BCUT2D eigenvalue weighted by atomic mass is 16.5. The van der Waals surface area contributed by atoms with Crippen LogP contribution in [0.25, 0.3) is 6.08 Å². The Labute approximate surface area is 113 Å². The molecule has 104 valence electrons. The van der Waals surface area contributed by atoms with Gasteiger partial charge < -0.3 is 19.7 Å². The number of phenolic OH excluding ortho intramolecular Hbond substituents is 2. The van der Waals surface area contributed by atoms with Crippen molar-refractivity contribution in [2.75, 3.05) is 14.2 Å². The fraction of sp³-hybridized carbons (Fsp3) is 0.400. The van der Waals surface area contributed by atoms with Crippen LogP contribution in [-0.4, -0.2) is 24.4 Å². The zero-order valence-electron chi connectivity index (χ0n) is 12.0. The summed E-state index contributed by atoms with van der Waals surface area (Å²) in [5, 5.41) is 20.3. The summed E-state index contributed by atoms with van der Waals surface area (Å²) in [4.78, 5) is 0. The van der Waals surface area contributed by atoms with Gasteiger partial charge in [-0.3, -0.25) is 0 Å². The second-order valence-electron chi connectivity index (χ2n) is 4.22. The van der Waals surface area contributed by atoms with E-state index in [-0.39, 0.29) is 23.0 Å². The number of hydrogen-bond acceptors (Lipinski definition) is 4. The van der Waals surface area contributed by atoms with Crippen molar-refractivity contribution in [2.24, 2.45) is 0 Å².